The van der Waals surface area contributed by atoms with Crippen molar-refractivity contribution in [1.82, 2.24) is 5.32 Å². The summed E-state index contributed by atoms with van der Waals surface area (Å²) in [6.07, 6.45) is 3.78. The maximum atomic E-state index is 11.3. The maximum Gasteiger partial charge on any atom is 0.151 e. The molecule has 1 aliphatic carbocycles. The van der Waals surface area contributed by atoms with Crippen molar-refractivity contribution in [2.45, 2.75) is 49.8 Å². The largest absolute Gasteiger partial charge is 0.389 e. The molecule has 1 unspecified atom stereocenters. The van der Waals surface area contributed by atoms with Gasteiger partial charge in [0.1, 0.15) is 0 Å². The van der Waals surface area contributed by atoms with Crippen LogP contribution in [0.15, 0.2) is 0 Å². The van der Waals surface area contributed by atoms with Gasteiger partial charge in [0.15, 0.2) is 9.84 Å². The van der Waals surface area contributed by atoms with Gasteiger partial charge >= 0.3 is 0 Å². The molecular formula is C11H22N2O3S. The van der Waals surface area contributed by atoms with E-state index in [9.17, 15) is 13.5 Å². The Kier molecular flexibility index (Phi) is 3.77. The quantitative estimate of drug-likeness (QED) is 0.631. The average molecular weight is 262 g/mol. The van der Waals surface area contributed by atoms with Crippen LogP contribution in [0.5, 0.6) is 0 Å². The molecule has 1 saturated carbocycles. The Morgan fingerprint density at radius 3 is 2.47 bits per heavy atom. The molecule has 1 atom stereocenters. The summed E-state index contributed by atoms with van der Waals surface area (Å²) in [5.41, 5.74) is 5.11. The Morgan fingerprint density at radius 2 is 1.94 bits per heavy atom. The fraction of sp³-hybridized carbons (Fsp3) is 1.00. The molecule has 1 aliphatic heterocycles. The second-order valence-electron chi connectivity index (χ2n) is 5.54. The summed E-state index contributed by atoms with van der Waals surface area (Å²) in [5.74, 6) is 0.483. The molecule has 0 aromatic carbocycles. The topological polar surface area (TPSA) is 92.4 Å². The van der Waals surface area contributed by atoms with Crippen molar-refractivity contribution in [2.75, 3.05) is 18.1 Å². The van der Waals surface area contributed by atoms with E-state index in [1.165, 1.54) is 0 Å². The van der Waals surface area contributed by atoms with Gasteiger partial charge in [-0.25, -0.2) is 8.42 Å². The van der Waals surface area contributed by atoms with Crippen LogP contribution in [-0.2, 0) is 9.84 Å². The molecule has 0 radical (unpaired) electrons. The van der Waals surface area contributed by atoms with Crippen molar-refractivity contribution >= 4 is 9.84 Å². The highest BCUT2D eigenvalue weighted by Gasteiger charge is 2.34. The van der Waals surface area contributed by atoms with Gasteiger partial charge < -0.3 is 16.2 Å². The molecule has 2 aliphatic rings. The lowest BCUT2D eigenvalue weighted by molar-refractivity contribution is -0.000927. The van der Waals surface area contributed by atoms with Gasteiger partial charge in [-0.2, -0.15) is 0 Å². The first-order valence-electron chi connectivity index (χ1n) is 6.30. The summed E-state index contributed by atoms with van der Waals surface area (Å²) in [6.45, 7) is 0.486. The average Bonchev–Trinajstić information content (AvgIpc) is 2.61. The molecule has 5 nitrogen and oxygen atoms in total. The molecule has 0 amide bonds. The van der Waals surface area contributed by atoms with Crippen LogP contribution in [0.1, 0.15) is 32.1 Å². The van der Waals surface area contributed by atoms with Gasteiger partial charge in [0.2, 0.25) is 0 Å². The van der Waals surface area contributed by atoms with Gasteiger partial charge in [-0.3, -0.25) is 0 Å². The second kappa shape index (κ2) is 4.84. The van der Waals surface area contributed by atoms with Crippen molar-refractivity contribution < 1.29 is 13.5 Å². The number of sulfone groups is 1. The molecule has 0 aromatic heterocycles. The fourth-order valence-corrected chi connectivity index (χ4v) is 4.35. The van der Waals surface area contributed by atoms with Crippen molar-refractivity contribution in [1.29, 1.82) is 0 Å². The molecule has 100 valence electrons. The molecule has 1 heterocycles. The lowest BCUT2D eigenvalue weighted by atomic mass is 9.82. The third-order valence-electron chi connectivity index (χ3n) is 3.91. The van der Waals surface area contributed by atoms with Crippen molar-refractivity contribution in [3.8, 4) is 0 Å². The second-order valence-corrected chi connectivity index (χ2v) is 7.77. The van der Waals surface area contributed by atoms with Gasteiger partial charge in [0, 0.05) is 18.6 Å². The van der Waals surface area contributed by atoms with Crippen LogP contribution in [0.4, 0.5) is 0 Å². The van der Waals surface area contributed by atoms with Crippen molar-refractivity contribution in [2.24, 2.45) is 5.73 Å². The highest BCUT2D eigenvalue weighted by molar-refractivity contribution is 7.91. The zero-order valence-corrected chi connectivity index (χ0v) is 10.9. The minimum absolute atomic E-state index is 0.0135. The summed E-state index contributed by atoms with van der Waals surface area (Å²) < 4.78 is 22.6. The van der Waals surface area contributed by atoms with E-state index in [-0.39, 0.29) is 23.6 Å². The Labute approximate surface area is 103 Å². The summed E-state index contributed by atoms with van der Waals surface area (Å²) in [4.78, 5) is 0. The SMILES string of the molecule is NC1CCC(O)(CNC2CCS(=O)(=O)C2)CC1. The predicted octanol–water partition coefficient (Wildman–Crippen LogP) is -0.604. The third-order valence-corrected chi connectivity index (χ3v) is 5.68. The standard InChI is InChI=1S/C11H22N2O3S/c12-9-1-4-11(14,5-2-9)8-13-10-3-6-17(15,16)7-10/h9-10,13-14H,1-8,12H2. The molecule has 0 aromatic rings. The van der Waals surface area contributed by atoms with E-state index in [0.717, 1.165) is 12.8 Å². The van der Waals surface area contributed by atoms with Crippen LogP contribution >= 0.6 is 0 Å². The first-order chi connectivity index (χ1) is 7.89. The lowest BCUT2D eigenvalue weighted by Crippen LogP contribution is -2.48. The molecule has 6 heteroatoms. The number of hydrogen-bond acceptors (Lipinski definition) is 5. The van der Waals surface area contributed by atoms with Gasteiger partial charge in [-0.1, -0.05) is 0 Å². The molecule has 1 saturated heterocycles. The summed E-state index contributed by atoms with van der Waals surface area (Å²) in [6, 6.07) is 0.224. The third kappa shape index (κ3) is 3.64. The normalized spacial score (nSPS) is 41.5. The number of aliphatic hydroxyl groups is 1. The van der Waals surface area contributed by atoms with Gasteiger partial charge in [0.25, 0.3) is 0 Å². The Hall–Kier alpha value is -0.170. The number of rotatable bonds is 3. The van der Waals surface area contributed by atoms with Crippen LogP contribution in [0.3, 0.4) is 0 Å². The smallest absolute Gasteiger partial charge is 0.151 e. The molecular weight excluding hydrogens is 240 g/mol. The van der Waals surface area contributed by atoms with E-state index < -0.39 is 15.4 Å². The maximum absolute atomic E-state index is 11.3. The van der Waals surface area contributed by atoms with E-state index >= 15 is 0 Å². The monoisotopic (exact) mass is 262 g/mol. The van der Waals surface area contributed by atoms with Crippen LogP contribution in [0, 0.1) is 0 Å². The van der Waals surface area contributed by atoms with Crippen LogP contribution < -0.4 is 11.1 Å². The number of nitrogens with one attached hydrogen (secondary N) is 1. The Balaban J connectivity index is 1.78. The number of hydrogen-bond donors (Lipinski definition) is 3. The first-order valence-corrected chi connectivity index (χ1v) is 8.12. The van der Waals surface area contributed by atoms with Crippen molar-refractivity contribution in [3.63, 3.8) is 0 Å². The fourth-order valence-electron chi connectivity index (χ4n) is 2.64. The Bertz CT molecular complexity index is 361. The van der Waals surface area contributed by atoms with E-state index in [0.29, 0.717) is 25.8 Å². The molecule has 17 heavy (non-hydrogen) atoms. The van der Waals surface area contributed by atoms with E-state index in [1.807, 2.05) is 0 Å². The highest BCUT2D eigenvalue weighted by Crippen LogP contribution is 2.27. The predicted molar refractivity (Wildman–Crippen MR) is 66.5 cm³/mol. The molecule has 0 spiro atoms. The highest BCUT2D eigenvalue weighted by atomic mass is 32.2. The van der Waals surface area contributed by atoms with E-state index in [1.54, 1.807) is 0 Å². The van der Waals surface area contributed by atoms with Crippen molar-refractivity contribution in [3.05, 3.63) is 0 Å². The van der Waals surface area contributed by atoms with E-state index in [4.69, 9.17) is 5.73 Å². The zero-order valence-electron chi connectivity index (χ0n) is 10.1. The van der Waals surface area contributed by atoms with Crippen LogP contribution in [-0.4, -0.2) is 49.3 Å². The molecule has 0 bridgehead atoms. The molecule has 4 N–H and O–H groups in total. The minimum Gasteiger partial charge on any atom is -0.389 e. The van der Waals surface area contributed by atoms with Gasteiger partial charge in [-0.05, 0) is 32.1 Å². The van der Waals surface area contributed by atoms with Gasteiger partial charge in [0.05, 0.1) is 17.1 Å². The zero-order chi connectivity index (χ0) is 12.5. The minimum atomic E-state index is -2.84. The van der Waals surface area contributed by atoms with Crippen LogP contribution in [0.25, 0.3) is 0 Å². The lowest BCUT2D eigenvalue weighted by Gasteiger charge is -2.35. The number of nitrogens with two attached hydrogens (primary N) is 1. The van der Waals surface area contributed by atoms with Gasteiger partial charge in [-0.15, -0.1) is 0 Å². The molecule has 2 fully saturated rings. The Morgan fingerprint density at radius 1 is 1.29 bits per heavy atom. The summed E-state index contributed by atoms with van der Waals surface area (Å²) in [5, 5.41) is 13.5. The summed E-state index contributed by atoms with van der Waals surface area (Å²) in [7, 11) is -2.84. The van der Waals surface area contributed by atoms with E-state index in [2.05, 4.69) is 5.32 Å². The molecule has 2 rings (SSSR count). The summed E-state index contributed by atoms with van der Waals surface area (Å²) >= 11 is 0. The first kappa shape index (κ1) is 13.3. The van der Waals surface area contributed by atoms with Crippen LogP contribution in [0.2, 0.25) is 0 Å².